The first-order valence-electron chi connectivity index (χ1n) is 8.17. The quantitative estimate of drug-likeness (QED) is 0.477. The van der Waals surface area contributed by atoms with Crippen LogP contribution in [0.25, 0.3) is 0 Å². The number of nitrogens with one attached hydrogen (secondary N) is 1. The first-order chi connectivity index (χ1) is 9.20. The van der Waals surface area contributed by atoms with Crippen LogP contribution in [0.4, 0.5) is 0 Å². The molecule has 0 radical (unpaired) electrons. The third kappa shape index (κ3) is 14.1. The summed E-state index contributed by atoms with van der Waals surface area (Å²) in [6, 6.07) is 0. The van der Waals surface area contributed by atoms with E-state index < -0.39 is 0 Å². The number of ether oxygens (including phenoxy) is 1. The molecule has 3 nitrogen and oxygen atoms in total. The molecule has 0 saturated carbocycles. The van der Waals surface area contributed by atoms with Crippen LogP contribution in [-0.4, -0.2) is 37.5 Å². The fraction of sp³-hybridized carbons (Fsp3) is 1.00. The molecular weight excluding hydrogens is 238 g/mol. The molecule has 116 valence electrons. The molecular formula is C16H35NO2. The van der Waals surface area contributed by atoms with Crippen LogP contribution in [-0.2, 0) is 4.74 Å². The van der Waals surface area contributed by atoms with Gasteiger partial charge in [-0.2, -0.15) is 0 Å². The number of rotatable bonds is 14. The van der Waals surface area contributed by atoms with Crippen molar-refractivity contribution in [3.05, 3.63) is 0 Å². The lowest BCUT2D eigenvalue weighted by Gasteiger charge is -2.14. The predicted molar refractivity (Wildman–Crippen MR) is 82.5 cm³/mol. The zero-order chi connectivity index (χ0) is 14.3. The monoisotopic (exact) mass is 273 g/mol. The van der Waals surface area contributed by atoms with Gasteiger partial charge in [0, 0.05) is 13.2 Å². The van der Waals surface area contributed by atoms with E-state index in [-0.39, 0.29) is 6.10 Å². The number of hydrogen-bond acceptors (Lipinski definition) is 3. The third-order valence-electron chi connectivity index (χ3n) is 3.52. The predicted octanol–water partition coefficient (Wildman–Crippen LogP) is 3.36. The van der Waals surface area contributed by atoms with Gasteiger partial charge in [0.25, 0.3) is 0 Å². The Kier molecular flexibility index (Phi) is 14.2. The number of unbranched alkanes of at least 4 members (excludes halogenated alkanes) is 5. The normalized spacial score (nSPS) is 14.5. The summed E-state index contributed by atoms with van der Waals surface area (Å²) in [6.45, 7) is 9.50. The van der Waals surface area contributed by atoms with Crippen molar-refractivity contribution in [2.24, 2.45) is 5.92 Å². The largest absolute Gasteiger partial charge is 0.389 e. The molecule has 0 fully saturated rings. The molecule has 0 aromatic carbocycles. The van der Waals surface area contributed by atoms with Crippen LogP contribution in [0, 0.1) is 5.92 Å². The summed E-state index contributed by atoms with van der Waals surface area (Å²) in [5.41, 5.74) is 0. The van der Waals surface area contributed by atoms with Gasteiger partial charge in [0.1, 0.15) is 0 Å². The lowest BCUT2D eigenvalue weighted by Crippen LogP contribution is -2.33. The SMILES string of the molecule is CCCCCCCCOCC(O)CNCC(C)CC. The van der Waals surface area contributed by atoms with Crippen molar-refractivity contribution in [3.63, 3.8) is 0 Å². The Balaban J connectivity index is 3.18. The van der Waals surface area contributed by atoms with Crippen molar-refractivity contribution in [1.29, 1.82) is 0 Å². The molecule has 19 heavy (non-hydrogen) atoms. The number of hydrogen-bond donors (Lipinski definition) is 2. The Morgan fingerprint density at radius 1 is 1.00 bits per heavy atom. The second-order valence-corrected chi connectivity index (χ2v) is 5.67. The maximum Gasteiger partial charge on any atom is 0.0897 e. The summed E-state index contributed by atoms with van der Waals surface area (Å²) in [6.07, 6.45) is 8.49. The zero-order valence-electron chi connectivity index (χ0n) is 13.3. The highest BCUT2D eigenvalue weighted by Gasteiger charge is 2.04. The van der Waals surface area contributed by atoms with E-state index in [1.54, 1.807) is 0 Å². The Hall–Kier alpha value is -0.120. The average molecular weight is 273 g/mol. The molecule has 0 aromatic rings. The van der Waals surface area contributed by atoms with Gasteiger partial charge in [0.05, 0.1) is 12.7 Å². The molecule has 0 spiro atoms. The standard InChI is InChI=1S/C16H35NO2/c1-4-6-7-8-9-10-11-19-14-16(18)13-17-12-15(3)5-2/h15-18H,4-14H2,1-3H3. The number of aliphatic hydroxyl groups is 1. The molecule has 2 unspecified atom stereocenters. The maximum atomic E-state index is 9.72. The van der Waals surface area contributed by atoms with E-state index in [9.17, 15) is 5.11 Å². The van der Waals surface area contributed by atoms with Crippen molar-refractivity contribution in [2.45, 2.75) is 71.8 Å². The maximum absolute atomic E-state index is 9.72. The van der Waals surface area contributed by atoms with E-state index in [2.05, 4.69) is 26.1 Å². The molecule has 2 atom stereocenters. The molecule has 0 aliphatic rings. The van der Waals surface area contributed by atoms with E-state index in [4.69, 9.17) is 4.74 Å². The van der Waals surface area contributed by atoms with Gasteiger partial charge in [-0.15, -0.1) is 0 Å². The molecule has 0 aromatic heterocycles. The van der Waals surface area contributed by atoms with E-state index in [0.29, 0.717) is 19.1 Å². The van der Waals surface area contributed by atoms with Crippen molar-refractivity contribution < 1.29 is 9.84 Å². The van der Waals surface area contributed by atoms with Gasteiger partial charge in [-0.3, -0.25) is 0 Å². The lowest BCUT2D eigenvalue weighted by molar-refractivity contribution is 0.0351. The fourth-order valence-electron chi connectivity index (χ4n) is 1.90. The minimum absolute atomic E-state index is 0.371. The minimum atomic E-state index is -0.371. The van der Waals surface area contributed by atoms with Crippen LogP contribution >= 0.6 is 0 Å². The third-order valence-corrected chi connectivity index (χ3v) is 3.52. The van der Waals surface area contributed by atoms with E-state index in [1.165, 1.54) is 38.5 Å². The van der Waals surface area contributed by atoms with Crippen LogP contribution in [0.5, 0.6) is 0 Å². The van der Waals surface area contributed by atoms with Gasteiger partial charge in [0.2, 0.25) is 0 Å². The Morgan fingerprint density at radius 2 is 1.68 bits per heavy atom. The van der Waals surface area contributed by atoms with Gasteiger partial charge < -0.3 is 15.2 Å². The Bertz CT molecular complexity index is 176. The topological polar surface area (TPSA) is 41.5 Å². The van der Waals surface area contributed by atoms with Gasteiger partial charge in [-0.1, -0.05) is 59.3 Å². The number of aliphatic hydroxyl groups excluding tert-OH is 1. The van der Waals surface area contributed by atoms with Crippen molar-refractivity contribution in [1.82, 2.24) is 5.32 Å². The zero-order valence-corrected chi connectivity index (χ0v) is 13.3. The average Bonchev–Trinajstić information content (AvgIpc) is 2.41. The van der Waals surface area contributed by atoms with Crippen LogP contribution in [0.1, 0.15) is 65.7 Å². The van der Waals surface area contributed by atoms with Gasteiger partial charge in [-0.05, 0) is 18.9 Å². The molecule has 0 rings (SSSR count). The van der Waals surface area contributed by atoms with Crippen LogP contribution in [0.2, 0.25) is 0 Å². The van der Waals surface area contributed by atoms with E-state index in [1.807, 2.05) is 0 Å². The Labute approximate surface area is 120 Å². The van der Waals surface area contributed by atoms with Crippen molar-refractivity contribution in [3.8, 4) is 0 Å². The first-order valence-corrected chi connectivity index (χ1v) is 8.17. The van der Waals surface area contributed by atoms with Crippen LogP contribution < -0.4 is 5.32 Å². The highest BCUT2D eigenvalue weighted by atomic mass is 16.5. The van der Waals surface area contributed by atoms with Crippen molar-refractivity contribution in [2.75, 3.05) is 26.3 Å². The van der Waals surface area contributed by atoms with Crippen molar-refractivity contribution >= 4 is 0 Å². The second-order valence-electron chi connectivity index (χ2n) is 5.67. The van der Waals surface area contributed by atoms with Gasteiger partial charge in [0.15, 0.2) is 0 Å². The molecule has 2 N–H and O–H groups in total. The summed E-state index contributed by atoms with van der Waals surface area (Å²) in [5.74, 6) is 0.677. The molecule has 0 saturated heterocycles. The molecule has 0 bridgehead atoms. The fourth-order valence-corrected chi connectivity index (χ4v) is 1.90. The summed E-state index contributed by atoms with van der Waals surface area (Å²) < 4.78 is 5.50. The van der Waals surface area contributed by atoms with Crippen LogP contribution in [0.3, 0.4) is 0 Å². The minimum Gasteiger partial charge on any atom is -0.389 e. The Morgan fingerprint density at radius 3 is 2.37 bits per heavy atom. The molecule has 0 amide bonds. The van der Waals surface area contributed by atoms with Gasteiger partial charge in [-0.25, -0.2) is 0 Å². The first kappa shape index (κ1) is 18.9. The summed E-state index contributed by atoms with van der Waals surface area (Å²) >= 11 is 0. The summed E-state index contributed by atoms with van der Waals surface area (Å²) in [4.78, 5) is 0. The second kappa shape index (κ2) is 14.3. The summed E-state index contributed by atoms with van der Waals surface area (Å²) in [7, 11) is 0. The smallest absolute Gasteiger partial charge is 0.0897 e. The highest BCUT2D eigenvalue weighted by molar-refractivity contribution is 4.61. The lowest BCUT2D eigenvalue weighted by atomic mass is 10.1. The van der Waals surface area contributed by atoms with Crippen LogP contribution in [0.15, 0.2) is 0 Å². The molecule has 3 heteroatoms. The van der Waals surface area contributed by atoms with E-state index >= 15 is 0 Å². The molecule has 0 aliphatic heterocycles. The highest BCUT2D eigenvalue weighted by Crippen LogP contribution is 2.05. The van der Waals surface area contributed by atoms with E-state index in [0.717, 1.165) is 19.6 Å². The molecule has 0 heterocycles. The van der Waals surface area contributed by atoms with Gasteiger partial charge >= 0.3 is 0 Å². The summed E-state index contributed by atoms with van der Waals surface area (Å²) in [5, 5.41) is 13.0. The molecule has 0 aliphatic carbocycles.